The predicted octanol–water partition coefficient (Wildman–Crippen LogP) is 7.79. The van der Waals surface area contributed by atoms with E-state index in [2.05, 4.69) is 84.6 Å². The van der Waals surface area contributed by atoms with Crippen LogP contribution in [0.5, 0.6) is 0 Å². The van der Waals surface area contributed by atoms with E-state index in [0.29, 0.717) is 11.3 Å². The summed E-state index contributed by atoms with van der Waals surface area (Å²) in [5.41, 5.74) is 6.53. The zero-order valence-corrected chi connectivity index (χ0v) is 17.6. The van der Waals surface area contributed by atoms with Crippen LogP contribution in [0, 0.1) is 23.2 Å². The molecular formula is C25H38. The highest BCUT2D eigenvalue weighted by molar-refractivity contribution is 5.24. The molecule has 0 N–H and O–H groups in total. The predicted molar refractivity (Wildman–Crippen MR) is 113 cm³/mol. The fourth-order valence-corrected chi connectivity index (χ4v) is 3.54. The lowest BCUT2D eigenvalue weighted by Crippen LogP contribution is -2.20. The van der Waals surface area contributed by atoms with Crippen LogP contribution in [0.4, 0.5) is 0 Å². The summed E-state index contributed by atoms with van der Waals surface area (Å²) in [5, 5.41) is 0. The molecule has 0 heteroatoms. The Bertz CT molecular complexity index is 604. The molecule has 0 saturated carbocycles. The molecule has 0 aromatic rings. The van der Waals surface area contributed by atoms with Crippen molar-refractivity contribution >= 4 is 0 Å². The van der Waals surface area contributed by atoms with E-state index < -0.39 is 0 Å². The number of rotatable bonds is 6. The van der Waals surface area contributed by atoms with Crippen LogP contribution < -0.4 is 0 Å². The third-order valence-corrected chi connectivity index (χ3v) is 5.18. The standard InChI is InChI=1S/C25H38/c1-20(2)12-8-9-13-21(3)14-10-15-22(4)17-18-24-23(5)16-11-19-25(24,6)7/h10,12,14-15,21H,8,11,16-19H2,1-7H3/b14-10+,22-15+. The van der Waals surface area contributed by atoms with Gasteiger partial charge >= 0.3 is 0 Å². The fourth-order valence-electron chi connectivity index (χ4n) is 3.54. The van der Waals surface area contributed by atoms with Crippen molar-refractivity contribution in [2.24, 2.45) is 11.3 Å². The lowest BCUT2D eigenvalue weighted by atomic mass is 9.71. The number of hydrogen-bond donors (Lipinski definition) is 0. The summed E-state index contributed by atoms with van der Waals surface area (Å²) in [5.74, 6) is 6.84. The molecule has 0 amide bonds. The first-order valence-corrected chi connectivity index (χ1v) is 9.87. The molecule has 0 heterocycles. The highest BCUT2D eigenvalue weighted by atomic mass is 14.3. The van der Waals surface area contributed by atoms with Crippen LogP contribution in [-0.2, 0) is 0 Å². The van der Waals surface area contributed by atoms with Gasteiger partial charge in [-0.15, -0.1) is 0 Å². The van der Waals surface area contributed by atoms with Gasteiger partial charge in [-0.3, -0.25) is 0 Å². The summed E-state index contributed by atoms with van der Waals surface area (Å²) in [4.78, 5) is 0. The summed E-state index contributed by atoms with van der Waals surface area (Å²) < 4.78 is 0. The van der Waals surface area contributed by atoms with Gasteiger partial charge in [0.25, 0.3) is 0 Å². The minimum atomic E-state index is 0.317. The van der Waals surface area contributed by atoms with Gasteiger partial charge in [0.1, 0.15) is 0 Å². The molecule has 1 atom stereocenters. The highest BCUT2D eigenvalue weighted by Crippen LogP contribution is 2.42. The molecule has 0 bridgehead atoms. The van der Waals surface area contributed by atoms with Crippen LogP contribution in [0.3, 0.4) is 0 Å². The average molecular weight is 339 g/mol. The minimum absolute atomic E-state index is 0.317. The van der Waals surface area contributed by atoms with Crippen molar-refractivity contribution in [3.05, 3.63) is 46.6 Å². The smallest absolute Gasteiger partial charge is 0.0357 e. The first kappa shape index (κ1) is 21.6. The van der Waals surface area contributed by atoms with Crippen molar-refractivity contribution in [3.63, 3.8) is 0 Å². The Morgan fingerprint density at radius 1 is 1.24 bits per heavy atom. The number of hydrogen-bond acceptors (Lipinski definition) is 0. The second kappa shape index (κ2) is 10.5. The first-order valence-electron chi connectivity index (χ1n) is 9.87. The van der Waals surface area contributed by atoms with Gasteiger partial charge in [0.05, 0.1) is 0 Å². The SMILES string of the molecule is CC(C)=CCC#CC(C)/C=C/C=C(\C)CCC1=C(C)CCCC1(C)C. The molecule has 0 nitrogen and oxygen atoms in total. The van der Waals surface area contributed by atoms with Crippen LogP contribution in [0.1, 0.15) is 87.0 Å². The Morgan fingerprint density at radius 3 is 2.60 bits per heavy atom. The maximum atomic E-state index is 3.29. The summed E-state index contributed by atoms with van der Waals surface area (Å²) in [6.45, 7) is 15.8. The van der Waals surface area contributed by atoms with E-state index in [9.17, 15) is 0 Å². The van der Waals surface area contributed by atoms with Gasteiger partial charge in [-0.2, -0.15) is 0 Å². The summed E-state index contributed by atoms with van der Waals surface area (Å²) in [7, 11) is 0. The molecule has 0 aromatic heterocycles. The average Bonchev–Trinajstić information content (AvgIpc) is 2.50. The van der Waals surface area contributed by atoms with Gasteiger partial charge in [-0.25, -0.2) is 0 Å². The van der Waals surface area contributed by atoms with Crippen molar-refractivity contribution in [1.29, 1.82) is 0 Å². The van der Waals surface area contributed by atoms with Crippen molar-refractivity contribution in [2.45, 2.75) is 87.0 Å². The zero-order valence-electron chi connectivity index (χ0n) is 17.6. The van der Waals surface area contributed by atoms with Crippen molar-refractivity contribution in [3.8, 4) is 11.8 Å². The molecule has 1 aliphatic carbocycles. The molecule has 0 aromatic carbocycles. The van der Waals surface area contributed by atoms with E-state index in [1.807, 2.05) is 0 Å². The molecule has 1 unspecified atom stereocenters. The van der Waals surface area contributed by atoms with Gasteiger partial charge in [0, 0.05) is 12.3 Å². The lowest BCUT2D eigenvalue weighted by molar-refractivity contribution is 0.354. The Hall–Kier alpha value is -1.48. The van der Waals surface area contributed by atoms with Gasteiger partial charge in [0.2, 0.25) is 0 Å². The molecule has 1 aliphatic rings. The summed E-state index contributed by atoms with van der Waals surface area (Å²) in [6.07, 6.45) is 16.1. The molecule has 0 radical (unpaired) electrons. The van der Waals surface area contributed by atoms with Gasteiger partial charge in [0.15, 0.2) is 0 Å². The van der Waals surface area contributed by atoms with E-state index in [0.717, 1.165) is 6.42 Å². The van der Waals surface area contributed by atoms with Crippen LogP contribution >= 0.6 is 0 Å². The maximum Gasteiger partial charge on any atom is 0.0357 e. The van der Waals surface area contributed by atoms with E-state index in [1.165, 1.54) is 43.3 Å². The molecular weight excluding hydrogens is 300 g/mol. The quantitative estimate of drug-likeness (QED) is 0.263. The molecule has 25 heavy (non-hydrogen) atoms. The zero-order chi connectivity index (χ0) is 18.9. The van der Waals surface area contributed by atoms with Gasteiger partial charge in [-0.1, -0.05) is 72.3 Å². The van der Waals surface area contributed by atoms with Crippen LogP contribution in [-0.4, -0.2) is 0 Å². The second-order valence-electron chi connectivity index (χ2n) is 8.49. The number of allylic oxidation sites excluding steroid dienone is 8. The Kier molecular flexibility index (Phi) is 9.05. The topological polar surface area (TPSA) is 0 Å². The first-order chi connectivity index (χ1) is 11.7. The van der Waals surface area contributed by atoms with Gasteiger partial charge < -0.3 is 0 Å². The van der Waals surface area contributed by atoms with E-state index in [4.69, 9.17) is 0 Å². The molecule has 0 fully saturated rings. The third-order valence-electron chi connectivity index (χ3n) is 5.18. The Morgan fingerprint density at radius 2 is 1.96 bits per heavy atom. The molecule has 0 spiro atoms. The third kappa shape index (κ3) is 8.44. The monoisotopic (exact) mass is 338 g/mol. The summed E-state index contributed by atoms with van der Waals surface area (Å²) in [6, 6.07) is 0. The van der Waals surface area contributed by atoms with Crippen molar-refractivity contribution < 1.29 is 0 Å². The van der Waals surface area contributed by atoms with Gasteiger partial charge in [-0.05, 0) is 72.1 Å². The van der Waals surface area contributed by atoms with Crippen LogP contribution in [0.25, 0.3) is 0 Å². The van der Waals surface area contributed by atoms with E-state index in [1.54, 1.807) is 11.1 Å². The molecule has 1 rings (SSSR count). The van der Waals surface area contributed by atoms with Crippen LogP contribution in [0.2, 0.25) is 0 Å². The summed E-state index contributed by atoms with van der Waals surface area (Å²) >= 11 is 0. The molecule has 0 saturated heterocycles. The van der Waals surface area contributed by atoms with E-state index in [-0.39, 0.29) is 0 Å². The molecule has 0 aliphatic heterocycles. The Balaban J connectivity index is 2.52. The fraction of sp³-hybridized carbons (Fsp3) is 0.600. The highest BCUT2D eigenvalue weighted by Gasteiger charge is 2.27. The Labute approximate surface area is 157 Å². The molecule has 138 valence electrons. The largest absolute Gasteiger partial charge is 0.0985 e. The lowest BCUT2D eigenvalue weighted by Gasteiger charge is -2.34. The second-order valence-corrected chi connectivity index (χ2v) is 8.49. The van der Waals surface area contributed by atoms with Crippen LogP contribution in [0.15, 0.2) is 46.6 Å². The van der Waals surface area contributed by atoms with Crippen molar-refractivity contribution in [1.82, 2.24) is 0 Å². The minimum Gasteiger partial charge on any atom is -0.0985 e. The maximum absolute atomic E-state index is 3.29. The van der Waals surface area contributed by atoms with E-state index >= 15 is 0 Å². The normalized spacial score (nSPS) is 18.8. The van der Waals surface area contributed by atoms with Crippen molar-refractivity contribution in [2.75, 3.05) is 0 Å².